The van der Waals surface area contributed by atoms with Gasteiger partial charge in [-0.05, 0) is 46.6 Å². The van der Waals surface area contributed by atoms with Gasteiger partial charge in [-0.1, -0.05) is 65.2 Å². The molecule has 0 spiro atoms. The Balaban J connectivity index is 2.41. The van der Waals surface area contributed by atoms with Gasteiger partial charge in [-0.15, -0.1) is 0 Å². The van der Waals surface area contributed by atoms with E-state index in [9.17, 15) is 14.4 Å². The number of carbonyl (C=O) groups is 3. The Hall–Kier alpha value is -1.83. The van der Waals surface area contributed by atoms with E-state index < -0.39 is 5.60 Å². The molecule has 38 heavy (non-hydrogen) atoms. The van der Waals surface area contributed by atoms with Crippen LogP contribution in [0.2, 0.25) is 0 Å². The lowest BCUT2D eigenvalue weighted by Crippen LogP contribution is -2.52. The van der Waals surface area contributed by atoms with Gasteiger partial charge in [-0.25, -0.2) is 4.79 Å². The quantitative estimate of drug-likeness (QED) is 0.147. The van der Waals surface area contributed by atoms with Gasteiger partial charge < -0.3 is 24.2 Å². The third-order valence-electron chi connectivity index (χ3n) is 6.87. The van der Waals surface area contributed by atoms with Crippen molar-refractivity contribution in [1.29, 1.82) is 0 Å². The molecule has 0 aromatic carbocycles. The molecule has 1 aliphatic heterocycles. The standard InChI is InChI=1S/C30H57N3O5/c1-6-8-10-11-12-13-15-19-31(20-16-26-37-28(35)17-14-9-7-2)21-18-27(34)32-22-24-33(25-23-32)29(36)38-30(3,4)5/h6-26H2,1-5H3. The molecule has 0 aliphatic carbocycles. The van der Waals surface area contributed by atoms with Gasteiger partial charge in [0, 0.05) is 52.1 Å². The first-order chi connectivity index (χ1) is 18.2. The number of unbranched alkanes of at least 4 members (excludes halogenated alkanes) is 8. The van der Waals surface area contributed by atoms with Gasteiger partial charge in [0.25, 0.3) is 0 Å². The van der Waals surface area contributed by atoms with E-state index in [1.54, 1.807) is 4.90 Å². The summed E-state index contributed by atoms with van der Waals surface area (Å²) in [5.41, 5.74) is -0.517. The number of amides is 2. The largest absolute Gasteiger partial charge is 0.466 e. The van der Waals surface area contributed by atoms with Gasteiger partial charge in [-0.3, -0.25) is 9.59 Å². The molecule has 0 aromatic heterocycles. The molecule has 0 aromatic rings. The van der Waals surface area contributed by atoms with E-state index in [0.717, 1.165) is 45.2 Å². The van der Waals surface area contributed by atoms with Crippen molar-refractivity contribution in [2.45, 2.75) is 124 Å². The van der Waals surface area contributed by atoms with Crippen molar-refractivity contribution in [2.24, 2.45) is 0 Å². The lowest BCUT2D eigenvalue weighted by molar-refractivity contribution is -0.144. The molecule has 0 radical (unpaired) electrons. The van der Waals surface area contributed by atoms with Crippen LogP contribution in [0.15, 0.2) is 0 Å². The first-order valence-corrected chi connectivity index (χ1v) is 15.3. The lowest BCUT2D eigenvalue weighted by Gasteiger charge is -2.36. The number of ether oxygens (including phenoxy) is 2. The van der Waals surface area contributed by atoms with E-state index in [1.807, 2.05) is 25.7 Å². The van der Waals surface area contributed by atoms with Gasteiger partial charge in [0.15, 0.2) is 0 Å². The molecule has 1 aliphatic rings. The third kappa shape index (κ3) is 16.9. The Bertz CT molecular complexity index is 657. The number of rotatable bonds is 19. The average molecular weight is 540 g/mol. The molecule has 8 nitrogen and oxygen atoms in total. The van der Waals surface area contributed by atoms with E-state index in [4.69, 9.17) is 9.47 Å². The minimum atomic E-state index is -0.517. The zero-order valence-electron chi connectivity index (χ0n) is 25.2. The number of carbonyl (C=O) groups excluding carboxylic acids is 3. The smallest absolute Gasteiger partial charge is 0.410 e. The summed E-state index contributed by atoms with van der Waals surface area (Å²) in [6.45, 7) is 15.0. The summed E-state index contributed by atoms with van der Waals surface area (Å²) < 4.78 is 10.9. The van der Waals surface area contributed by atoms with Crippen LogP contribution in [0, 0.1) is 0 Å². The van der Waals surface area contributed by atoms with Crippen LogP contribution < -0.4 is 0 Å². The lowest BCUT2D eigenvalue weighted by atomic mass is 10.1. The van der Waals surface area contributed by atoms with Gasteiger partial charge in [0.2, 0.25) is 5.91 Å². The normalized spacial score (nSPS) is 14.2. The average Bonchev–Trinajstić information content (AvgIpc) is 2.87. The van der Waals surface area contributed by atoms with Crippen LogP contribution in [0.1, 0.15) is 118 Å². The summed E-state index contributed by atoms with van der Waals surface area (Å²) >= 11 is 0. The van der Waals surface area contributed by atoms with Crippen molar-refractivity contribution in [3.05, 3.63) is 0 Å². The summed E-state index contributed by atoms with van der Waals surface area (Å²) in [5, 5.41) is 0. The van der Waals surface area contributed by atoms with E-state index in [1.165, 1.54) is 38.5 Å². The van der Waals surface area contributed by atoms with E-state index in [-0.39, 0.29) is 18.0 Å². The number of nitrogens with zero attached hydrogens (tertiary/aromatic N) is 3. The van der Waals surface area contributed by atoms with Crippen LogP contribution in [-0.2, 0) is 19.1 Å². The molecule has 0 saturated carbocycles. The molecule has 1 fully saturated rings. The number of piperazine rings is 1. The maximum Gasteiger partial charge on any atom is 0.410 e. The fourth-order valence-corrected chi connectivity index (χ4v) is 4.57. The van der Waals surface area contributed by atoms with E-state index >= 15 is 0 Å². The fraction of sp³-hybridized carbons (Fsp3) is 0.900. The van der Waals surface area contributed by atoms with Crippen LogP contribution in [-0.4, -0.2) is 90.7 Å². The maximum atomic E-state index is 12.9. The molecule has 1 heterocycles. The second kappa shape index (κ2) is 20.1. The second-order valence-corrected chi connectivity index (χ2v) is 11.6. The minimum absolute atomic E-state index is 0.0993. The van der Waals surface area contributed by atoms with E-state index in [0.29, 0.717) is 52.2 Å². The summed E-state index contributed by atoms with van der Waals surface area (Å²) in [6, 6.07) is 0. The van der Waals surface area contributed by atoms with Crippen LogP contribution in [0.4, 0.5) is 4.79 Å². The Morgan fingerprint density at radius 3 is 1.87 bits per heavy atom. The van der Waals surface area contributed by atoms with Crippen molar-refractivity contribution in [3.8, 4) is 0 Å². The van der Waals surface area contributed by atoms with Crippen LogP contribution >= 0.6 is 0 Å². The first kappa shape index (κ1) is 34.2. The van der Waals surface area contributed by atoms with Crippen LogP contribution in [0.5, 0.6) is 0 Å². The maximum absolute atomic E-state index is 12.9. The second-order valence-electron chi connectivity index (χ2n) is 11.6. The fourth-order valence-electron chi connectivity index (χ4n) is 4.57. The highest BCUT2D eigenvalue weighted by molar-refractivity contribution is 5.77. The highest BCUT2D eigenvalue weighted by atomic mass is 16.6. The van der Waals surface area contributed by atoms with Crippen molar-refractivity contribution in [2.75, 3.05) is 52.4 Å². The number of hydrogen-bond donors (Lipinski definition) is 0. The molecular formula is C30H57N3O5. The van der Waals surface area contributed by atoms with Gasteiger partial charge in [0.1, 0.15) is 5.60 Å². The first-order valence-electron chi connectivity index (χ1n) is 15.3. The van der Waals surface area contributed by atoms with Gasteiger partial charge in [-0.2, -0.15) is 0 Å². The minimum Gasteiger partial charge on any atom is -0.466 e. The summed E-state index contributed by atoms with van der Waals surface area (Å²) in [4.78, 5) is 43.0. The summed E-state index contributed by atoms with van der Waals surface area (Å²) in [6.07, 6.45) is 13.3. The number of esters is 1. The Morgan fingerprint density at radius 1 is 0.684 bits per heavy atom. The SMILES string of the molecule is CCCCCCCCCN(CCCOC(=O)CCCCC)CCC(=O)N1CCN(C(=O)OC(C)(C)C)CC1. The van der Waals surface area contributed by atoms with Gasteiger partial charge in [0.05, 0.1) is 6.61 Å². The molecule has 1 saturated heterocycles. The highest BCUT2D eigenvalue weighted by Gasteiger charge is 2.27. The Morgan fingerprint density at radius 2 is 1.24 bits per heavy atom. The molecule has 0 unspecified atom stereocenters. The third-order valence-corrected chi connectivity index (χ3v) is 6.87. The molecule has 0 N–H and O–H groups in total. The topological polar surface area (TPSA) is 79.4 Å². The summed E-state index contributed by atoms with van der Waals surface area (Å²) in [7, 11) is 0. The predicted octanol–water partition coefficient (Wildman–Crippen LogP) is 6.02. The van der Waals surface area contributed by atoms with Crippen LogP contribution in [0.3, 0.4) is 0 Å². The number of hydrogen-bond acceptors (Lipinski definition) is 6. The monoisotopic (exact) mass is 539 g/mol. The molecule has 0 bridgehead atoms. The molecular weight excluding hydrogens is 482 g/mol. The zero-order valence-corrected chi connectivity index (χ0v) is 25.2. The Kier molecular flexibility index (Phi) is 18.1. The van der Waals surface area contributed by atoms with Crippen molar-refractivity contribution in [3.63, 3.8) is 0 Å². The van der Waals surface area contributed by atoms with Crippen molar-refractivity contribution < 1.29 is 23.9 Å². The predicted molar refractivity (Wildman–Crippen MR) is 153 cm³/mol. The molecule has 8 heteroatoms. The summed E-state index contributed by atoms with van der Waals surface area (Å²) in [5.74, 6) is 0.0403. The molecule has 1 rings (SSSR count). The molecule has 222 valence electrons. The van der Waals surface area contributed by atoms with Gasteiger partial charge >= 0.3 is 12.1 Å². The van der Waals surface area contributed by atoms with Crippen LogP contribution in [0.25, 0.3) is 0 Å². The zero-order chi connectivity index (χ0) is 28.2. The molecule has 2 amide bonds. The van der Waals surface area contributed by atoms with Crippen molar-refractivity contribution in [1.82, 2.24) is 14.7 Å². The highest BCUT2D eigenvalue weighted by Crippen LogP contribution is 2.13. The van der Waals surface area contributed by atoms with E-state index in [2.05, 4.69) is 18.7 Å². The molecule has 0 atom stereocenters. The van der Waals surface area contributed by atoms with Crippen molar-refractivity contribution >= 4 is 18.0 Å². The Labute approximate surface area is 232 Å².